The minimum atomic E-state index is -1.03. The Kier molecular flexibility index (Phi) is 6.73. The molecule has 0 saturated heterocycles. The summed E-state index contributed by atoms with van der Waals surface area (Å²) < 4.78 is 4.90. The summed E-state index contributed by atoms with van der Waals surface area (Å²) in [5.41, 5.74) is 1.67. The Hall–Kier alpha value is -1.88. The van der Waals surface area contributed by atoms with Crippen molar-refractivity contribution in [1.29, 1.82) is 0 Å². The molecule has 0 aromatic heterocycles. The number of carbonyl (C=O) groups excluding carboxylic acids is 1. The monoisotopic (exact) mass is 279 g/mol. The number of carboxylic acids is 1. The van der Waals surface area contributed by atoms with Crippen molar-refractivity contribution in [3.05, 3.63) is 35.4 Å². The van der Waals surface area contributed by atoms with Gasteiger partial charge in [-0.25, -0.2) is 0 Å². The van der Waals surface area contributed by atoms with Gasteiger partial charge in [0.2, 0.25) is 0 Å². The normalized spacial score (nSPS) is 10.3. The third-order valence-corrected chi connectivity index (χ3v) is 2.92. The van der Waals surface area contributed by atoms with Crippen molar-refractivity contribution in [2.45, 2.75) is 19.8 Å². The molecule has 0 aliphatic heterocycles. The summed E-state index contributed by atoms with van der Waals surface area (Å²) in [4.78, 5) is 24.4. The maximum Gasteiger partial charge on any atom is 0.323 e. The lowest BCUT2D eigenvalue weighted by atomic mass is 10.1. The van der Waals surface area contributed by atoms with E-state index in [2.05, 4.69) is 6.92 Å². The Morgan fingerprint density at radius 3 is 2.40 bits per heavy atom. The van der Waals surface area contributed by atoms with Crippen LogP contribution < -0.4 is 0 Å². The van der Waals surface area contributed by atoms with Gasteiger partial charge >= 0.3 is 5.97 Å². The topological polar surface area (TPSA) is 66.8 Å². The van der Waals surface area contributed by atoms with E-state index in [9.17, 15) is 9.59 Å². The van der Waals surface area contributed by atoms with Crippen LogP contribution in [0.2, 0.25) is 0 Å². The van der Waals surface area contributed by atoms with E-state index in [1.54, 1.807) is 12.1 Å². The summed E-state index contributed by atoms with van der Waals surface area (Å²) in [7, 11) is 1.52. The summed E-state index contributed by atoms with van der Waals surface area (Å²) in [6.07, 6.45) is 2.02. The van der Waals surface area contributed by atoms with E-state index < -0.39 is 5.97 Å². The SMILES string of the molecule is CCCc1ccc(C(=O)N(CCOC)CC(=O)O)cc1. The molecule has 5 nitrogen and oxygen atoms in total. The van der Waals surface area contributed by atoms with E-state index in [1.807, 2.05) is 12.1 Å². The molecule has 0 aliphatic rings. The molecule has 0 saturated carbocycles. The molecule has 0 bridgehead atoms. The number of aliphatic carboxylic acids is 1. The number of aryl methyl sites for hydroxylation is 1. The number of amides is 1. The van der Waals surface area contributed by atoms with Crippen molar-refractivity contribution in [3.63, 3.8) is 0 Å². The van der Waals surface area contributed by atoms with Gasteiger partial charge in [0, 0.05) is 19.2 Å². The number of carboxylic acid groups (broad SMARTS) is 1. The van der Waals surface area contributed by atoms with Gasteiger partial charge in [0.1, 0.15) is 6.54 Å². The number of methoxy groups -OCH3 is 1. The van der Waals surface area contributed by atoms with Gasteiger partial charge in [-0.1, -0.05) is 25.5 Å². The highest BCUT2D eigenvalue weighted by Gasteiger charge is 2.18. The molecular weight excluding hydrogens is 258 g/mol. The average molecular weight is 279 g/mol. The fraction of sp³-hybridized carbons (Fsp3) is 0.467. The molecule has 1 amide bonds. The van der Waals surface area contributed by atoms with Crippen molar-refractivity contribution < 1.29 is 19.4 Å². The summed E-state index contributed by atoms with van der Waals surface area (Å²) in [6, 6.07) is 7.31. The van der Waals surface area contributed by atoms with Gasteiger partial charge in [0.25, 0.3) is 5.91 Å². The van der Waals surface area contributed by atoms with Crippen LogP contribution in [-0.2, 0) is 16.0 Å². The van der Waals surface area contributed by atoms with Crippen LogP contribution in [0, 0.1) is 0 Å². The van der Waals surface area contributed by atoms with Crippen molar-refractivity contribution >= 4 is 11.9 Å². The maximum atomic E-state index is 12.3. The fourth-order valence-electron chi connectivity index (χ4n) is 1.90. The highest BCUT2D eigenvalue weighted by atomic mass is 16.5. The number of nitrogens with zero attached hydrogens (tertiary/aromatic N) is 1. The highest BCUT2D eigenvalue weighted by Crippen LogP contribution is 2.09. The van der Waals surface area contributed by atoms with Crippen molar-refractivity contribution in [2.24, 2.45) is 0 Å². The molecule has 0 heterocycles. The van der Waals surface area contributed by atoms with Gasteiger partial charge in [-0.05, 0) is 24.1 Å². The average Bonchev–Trinajstić information content (AvgIpc) is 2.43. The molecule has 110 valence electrons. The first-order valence-corrected chi connectivity index (χ1v) is 6.67. The van der Waals surface area contributed by atoms with E-state index in [4.69, 9.17) is 9.84 Å². The number of hydrogen-bond acceptors (Lipinski definition) is 3. The van der Waals surface area contributed by atoms with Gasteiger partial charge in [0.05, 0.1) is 6.61 Å². The van der Waals surface area contributed by atoms with Gasteiger partial charge < -0.3 is 14.7 Å². The predicted molar refractivity (Wildman–Crippen MR) is 75.9 cm³/mol. The zero-order valence-corrected chi connectivity index (χ0v) is 12.0. The zero-order valence-electron chi connectivity index (χ0n) is 12.0. The lowest BCUT2D eigenvalue weighted by Crippen LogP contribution is -2.38. The molecule has 0 radical (unpaired) electrons. The standard InChI is InChI=1S/C15H21NO4/c1-3-4-12-5-7-13(8-6-12)15(19)16(9-10-20-2)11-14(17)18/h5-8H,3-4,9-11H2,1-2H3,(H,17,18). The van der Waals surface area contributed by atoms with E-state index in [0.717, 1.165) is 12.8 Å². The van der Waals surface area contributed by atoms with Crippen LogP contribution in [-0.4, -0.2) is 48.7 Å². The second kappa shape index (κ2) is 8.32. The van der Waals surface area contributed by atoms with Crippen LogP contribution in [0.4, 0.5) is 0 Å². The number of carbonyl (C=O) groups is 2. The Bertz CT molecular complexity index is 442. The van der Waals surface area contributed by atoms with Crippen LogP contribution in [0.3, 0.4) is 0 Å². The smallest absolute Gasteiger partial charge is 0.323 e. The van der Waals surface area contributed by atoms with Gasteiger partial charge in [-0.15, -0.1) is 0 Å². The molecule has 0 fully saturated rings. The Labute approximate surface area is 119 Å². The summed E-state index contributed by atoms with van der Waals surface area (Å²) >= 11 is 0. The molecule has 20 heavy (non-hydrogen) atoms. The second-order valence-electron chi connectivity index (χ2n) is 4.56. The molecule has 1 aromatic carbocycles. The van der Waals surface area contributed by atoms with E-state index in [-0.39, 0.29) is 19.0 Å². The third kappa shape index (κ3) is 5.01. The van der Waals surface area contributed by atoms with Crippen LogP contribution in [0.5, 0.6) is 0 Å². The van der Waals surface area contributed by atoms with Gasteiger partial charge in [-0.3, -0.25) is 9.59 Å². The molecule has 1 N–H and O–H groups in total. The van der Waals surface area contributed by atoms with Crippen LogP contribution >= 0.6 is 0 Å². The Morgan fingerprint density at radius 1 is 1.25 bits per heavy atom. The van der Waals surface area contributed by atoms with E-state index in [0.29, 0.717) is 12.2 Å². The number of benzene rings is 1. The fourth-order valence-corrected chi connectivity index (χ4v) is 1.90. The van der Waals surface area contributed by atoms with Gasteiger partial charge in [-0.2, -0.15) is 0 Å². The maximum absolute atomic E-state index is 12.3. The predicted octanol–water partition coefficient (Wildman–Crippen LogP) is 1.81. The Morgan fingerprint density at radius 2 is 1.90 bits per heavy atom. The highest BCUT2D eigenvalue weighted by molar-refractivity contribution is 5.95. The van der Waals surface area contributed by atoms with Crippen LogP contribution in [0.25, 0.3) is 0 Å². The third-order valence-electron chi connectivity index (χ3n) is 2.92. The van der Waals surface area contributed by atoms with Crippen LogP contribution in [0.15, 0.2) is 24.3 Å². The van der Waals surface area contributed by atoms with E-state index >= 15 is 0 Å². The van der Waals surface area contributed by atoms with E-state index in [1.165, 1.54) is 17.6 Å². The van der Waals surface area contributed by atoms with Crippen molar-refractivity contribution in [1.82, 2.24) is 4.90 Å². The largest absolute Gasteiger partial charge is 0.480 e. The quantitative estimate of drug-likeness (QED) is 0.788. The molecule has 0 unspecified atom stereocenters. The summed E-state index contributed by atoms with van der Waals surface area (Å²) in [5, 5.41) is 8.86. The zero-order chi connectivity index (χ0) is 15.0. The Balaban J connectivity index is 2.78. The van der Waals surface area contributed by atoms with Gasteiger partial charge in [0.15, 0.2) is 0 Å². The lowest BCUT2D eigenvalue weighted by molar-refractivity contribution is -0.137. The molecule has 1 rings (SSSR count). The molecule has 0 atom stereocenters. The molecule has 0 aliphatic carbocycles. The number of rotatable bonds is 8. The molecule has 1 aromatic rings. The summed E-state index contributed by atoms with van der Waals surface area (Å²) in [5.74, 6) is -1.32. The summed E-state index contributed by atoms with van der Waals surface area (Å²) in [6.45, 7) is 2.35. The minimum absolute atomic E-state index is 0.262. The minimum Gasteiger partial charge on any atom is -0.480 e. The first-order chi connectivity index (χ1) is 9.58. The second-order valence-corrected chi connectivity index (χ2v) is 4.56. The first-order valence-electron chi connectivity index (χ1n) is 6.67. The first kappa shape index (κ1) is 16.2. The van der Waals surface area contributed by atoms with Crippen molar-refractivity contribution in [2.75, 3.05) is 26.8 Å². The number of hydrogen-bond donors (Lipinski definition) is 1. The lowest BCUT2D eigenvalue weighted by Gasteiger charge is -2.20. The molecule has 0 spiro atoms. The van der Waals surface area contributed by atoms with Crippen molar-refractivity contribution in [3.8, 4) is 0 Å². The molecule has 5 heteroatoms. The van der Waals surface area contributed by atoms with Crippen LogP contribution in [0.1, 0.15) is 29.3 Å². The number of ether oxygens (including phenoxy) is 1. The molecular formula is C15H21NO4.